The van der Waals surface area contributed by atoms with E-state index in [2.05, 4.69) is 10.6 Å². The van der Waals surface area contributed by atoms with Crippen molar-refractivity contribution in [2.45, 2.75) is 12.3 Å². The van der Waals surface area contributed by atoms with Gasteiger partial charge in [-0.2, -0.15) is 13.2 Å². The van der Waals surface area contributed by atoms with E-state index in [4.69, 9.17) is 4.74 Å². The number of benzene rings is 2. The fraction of sp³-hybridized carbons (Fsp3) is 0.263. The van der Waals surface area contributed by atoms with Crippen molar-refractivity contribution in [3.63, 3.8) is 0 Å². The van der Waals surface area contributed by atoms with Gasteiger partial charge < -0.3 is 20.3 Å². The molecule has 3 rings (SSSR count). The van der Waals surface area contributed by atoms with Crippen LogP contribution in [0.3, 0.4) is 0 Å². The number of fused-ring (bicyclic) bond motifs is 1. The normalized spacial score (nSPS) is 16.0. The lowest BCUT2D eigenvalue weighted by Gasteiger charge is -2.35. The molecule has 0 aliphatic carbocycles. The van der Waals surface area contributed by atoms with Crippen LogP contribution in [0.1, 0.15) is 5.56 Å². The number of amides is 2. The van der Waals surface area contributed by atoms with E-state index >= 15 is 0 Å². The molecule has 28 heavy (non-hydrogen) atoms. The Labute approximate surface area is 159 Å². The molecule has 0 fully saturated rings. The first kappa shape index (κ1) is 19.5. The summed E-state index contributed by atoms with van der Waals surface area (Å²) in [4.78, 5) is 26.1. The van der Waals surface area contributed by atoms with E-state index in [1.165, 1.54) is 19.2 Å². The minimum Gasteiger partial charge on any atom is -0.477 e. The highest BCUT2D eigenvalue weighted by Crippen LogP contribution is 2.33. The van der Waals surface area contributed by atoms with Crippen LogP contribution in [0.2, 0.25) is 0 Å². The molecule has 0 saturated carbocycles. The van der Waals surface area contributed by atoms with E-state index in [0.717, 1.165) is 12.1 Å². The highest BCUT2D eigenvalue weighted by Gasteiger charge is 2.31. The zero-order valence-electron chi connectivity index (χ0n) is 14.9. The second kappa shape index (κ2) is 7.79. The van der Waals surface area contributed by atoms with Crippen LogP contribution in [-0.2, 0) is 15.8 Å². The van der Waals surface area contributed by atoms with Crippen LogP contribution in [0.25, 0.3) is 0 Å². The van der Waals surface area contributed by atoms with Crippen LogP contribution in [0.5, 0.6) is 5.75 Å². The van der Waals surface area contributed by atoms with Crippen LogP contribution >= 0.6 is 0 Å². The molecule has 2 aromatic rings. The van der Waals surface area contributed by atoms with Crippen LogP contribution in [0, 0.1) is 0 Å². The van der Waals surface area contributed by atoms with Gasteiger partial charge in [-0.05, 0) is 36.4 Å². The van der Waals surface area contributed by atoms with Crippen molar-refractivity contribution in [1.29, 1.82) is 0 Å². The maximum Gasteiger partial charge on any atom is 0.416 e. The Bertz CT molecular complexity index is 869. The molecule has 148 valence electrons. The minimum atomic E-state index is -4.44. The van der Waals surface area contributed by atoms with Crippen molar-refractivity contribution in [2.75, 3.05) is 30.4 Å². The lowest BCUT2D eigenvalue weighted by atomic mass is 10.1. The molecule has 2 N–H and O–H groups in total. The average molecular weight is 393 g/mol. The molecule has 0 bridgehead atoms. The van der Waals surface area contributed by atoms with Crippen molar-refractivity contribution in [1.82, 2.24) is 5.32 Å². The van der Waals surface area contributed by atoms with Gasteiger partial charge in [0.2, 0.25) is 5.91 Å². The van der Waals surface area contributed by atoms with Crippen molar-refractivity contribution in [3.05, 3.63) is 54.1 Å². The zero-order valence-corrected chi connectivity index (χ0v) is 14.9. The summed E-state index contributed by atoms with van der Waals surface area (Å²) in [6.45, 7) is 0.0754. The molecule has 6 nitrogen and oxygen atoms in total. The molecule has 1 aliphatic heterocycles. The zero-order chi connectivity index (χ0) is 20.3. The van der Waals surface area contributed by atoms with Gasteiger partial charge in [-0.3, -0.25) is 9.59 Å². The number of rotatable bonds is 4. The second-order valence-electron chi connectivity index (χ2n) is 6.19. The van der Waals surface area contributed by atoms with Gasteiger partial charge in [-0.1, -0.05) is 12.1 Å². The molecule has 0 radical (unpaired) electrons. The third-order valence-corrected chi connectivity index (χ3v) is 4.23. The summed E-state index contributed by atoms with van der Waals surface area (Å²) in [6, 6.07) is 11.2. The van der Waals surface area contributed by atoms with Crippen molar-refractivity contribution < 1.29 is 27.5 Å². The number of para-hydroxylation sites is 2. The number of alkyl halides is 3. The smallest absolute Gasteiger partial charge is 0.416 e. The number of halogens is 3. The lowest BCUT2D eigenvalue weighted by molar-refractivity contribution is -0.137. The summed E-state index contributed by atoms with van der Waals surface area (Å²) < 4.78 is 43.5. The molecule has 0 saturated heterocycles. The number of hydrogen-bond donors (Lipinski definition) is 2. The third kappa shape index (κ3) is 4.36. The van der Waals surface area contributed by atoms with Gasteiger partial charge in [0.1, 0.15) is 5.75 Å². The first-order chi connectivity index (χ1) is 13.3. The Kier molecular flexibility index (Phi) is 5.43. The van der Waals surface area contributed by atoms with Crippen molar-refractivity contribution >= 4 is 23.2 Å². The average Bonchev–Trinajstić information content (AvgIpc) is 2.67. The van der Waals surface area contributed by atoms with Gasteiger partial charge in [0.15, 0.2) is 6.10 Å². The summed E-state index contributed by atoms with van der Waals surface area (Å²) in [7, 11) is 1.49. The number of anilines is 2. The number of nitrogens with zero attached hydrogens (tertiary/aromatic N) is 1. The summed E-state index contributed by atoms with van der Waals surface area (Å²) in [5.74, 6) is -0.264. The SMILES string of the molecule is CNC(=O)C1CN(CC(=O)Nc2ccc(C(F)(F)F)cc2)c2ccccc2O1. The van der Waals surface area contributed by atoms with Crippen molar-refractivity contribution in [3.8, 4) is 5.75 Å². The van der Waals surface area contributed by atoms with Gasteiger partial charge in [0.25, 0.3) is 5.91 Å². The van der Waals surface area contributed by atoms with E-state index < -0.39 is 23.8 Å². The molecular formula is C19H18F3N3O3. The van der Waals surface area contributed by atoms with E-state index in [1.807, 2.05) is 0 Å². The fourth-order valence-corrected chi connectivity index (χ4v) is 2.87. The van der Waals surface area contributed by atoms with Crippen LogP contribution in [0.4, 0.5) is 24.5 Å². The summed E-state index contributed by atoms with van der Waals surface area (Å²) in [5.41, 5.74) is 0.119. The number of nitrogens with one attached hydrogen (secondary N) is 2. The Morgan fingerprint density at radius 1 is 1.14 bits per heavy atom. The number of hydrogen-bond acceptors (Lipinski definition) is 4. The number of carbonyl (C=O) groups excluding carboxylic acids is 2. The van der Waals surface area contributed by atoms with E-state index in [9.17, 15) is 22.8 Å². The highest BCUT2D eigenvalue weighted by atomic mass is 19.4. The first-order valence-corrected chi connectivity index (χ1v) is 8.47. The predicted octanol–water partition coefficient (Wildman–Crippen LogP) is 2.66. The Balaban J connectivity index is 1.71. The molecule has 2 aromatic carbocycles. The van der Waals surface area contributed by atoms with Crippen LogP contribution in [0.15, 0.2) is 48.5 Å². The second-order valence-corrected chi connectivity index (χ2v) is 6.19. The number of ether oxygens (including phenoxy) is 1. The first-order valence-electron chi connectivity index (χ1n) is 8.47. The predicted molar refractivity (Wildman–Crippen MR) is 97.2 cm³/mol. The fourth-order valence-electron chi connectivity index (χ4n) is 2.87. The summed E-state index contributed by atoms with van der Waals surface area (Å²) in [6.07, 6.45) is -5.21. The molecule has 1 atom stereocenters. The van der Waals surface area contributed by atoms with E-state index in [0.29, 0.717) is 11.4 Å². The van der Waals surface area contributed by atoms with Gasteiger partial charge in [0, 0.05) is 12.7 Å². The van der Waals surface area contributed by atoms with E-state index in [1.54, 1.807) is 29.2 Å². The van der Waals surface area contributed by atoms with Crippen LogP contribution < -0.4 is 20.3 Å². The number of likely N-dealkylation sites (N-methyl/N-ethyl adjacent to an activating group) is 1. The molecule has 0 spiro atoms. The molecular weight excluding hydrogens is 375 g/mol. The minimum absolute atomic E-state index is 0.0884. The summed E-state index contributed by atoms with van der Waals surface area (Å²) >= 11 is 0. The van der Waals surface area contributed by atoms with Gasteiger partial charge in [-0.15, -0.1) is 0 Å². The van der Waals surface area contributed by atoms with Gasteiger partial charge in [-0.25, -0.2) is 0 Å². The highest BCUT2D eigenvalue weighted by molar-refractivity contribution is 5.95. The lowest BCUT2D eigenvalue weighted by Crippen LogP contribution is -2.50. The Morgan fingerprint density at radius 3 is 2.46 bits per heavy atom. The number of carbonyl (C=O) groups is 2. The topological polar surface area (TPSA) is 70.7 Å². The van der Waals surface area contributed by atoms with Gasteiger partial charge in [0.05, 0.1) is 24.3 Å². The Morgan fingerprint density at radius 2 is 1.82 bits per heavy atom. The molecule has 1 heterocycles. The van der Waals surface area contributed by atoms with Gasteiger partial charge >= 0.3 is 6.18 Å². The summed E-state index contributed by atoms with van der Waals surface area (Å²) in [5, 5.41) is 5.08. The maximum atomic E-state index is 12.6. The Hall–Kier alpha value is -3.23. The van der Waals surface area contributed by atoms with E-state index in [-0.39, 0.29) is 24.7 Å². The quantitative estimate of drug-likeness (QED) is 0.838. The molecule has 1 aliphatic rings. The maximum absolute atomic E-state index is 12.6. The molecule has 9 heteroatoms. The molecule has 1 unspecified atom stereocenters. The molecule has 2 amide bonds. The standard InChI is InChI=1S/C19H18F3N3O3/c1-23-18(27)16-10-25(14-4-2-3-5-15(14)28-16)11-17(26)24-13-8-6-12(7-9-13)19(20,21)22/h2-9,16H,10-11H2,1H3,(H,23,27)(H,24,26). The molecule has 0 aromatic heterocycles. The van der Waals surface area contributed by atoms with Crippen LogP contribution in [-0.4, -0.2) is 38.1 Å². The largest absolute Gasteiger partial charge is 0.477 e. The van der Waals surface area contributed by atoms with Crippen molar-refractivity contribution in [2.24, 2.45) is 0 Å². The third-order valence-electron chi connectivity index (χ3n) is 4.23. The monoisotopic (exact) mass is 393 g/mol.